The van der Waals surface area contributed by atoms with E-state index in [1.807, 2.05) is 24.3 Å². The molecule has 3 N–H and O–H groups in total. The summed E-state index contributed by atoms with van der Waals surface area (Å²) >= 11 is 0. The number of nitrogens with zero attached hydrogens (tertiary/aromatic N) is 2. The van der Waals surface area contributed by atoms with Crippen molar-refractivity contribution < 1.29 is 23.8 Å². The first kappa shape index (κ1) is 29.5. The van der Waals surface area contributed by atoms with E-state index in [1.54, 1.807) is 6.26 Å². The summed E-state index contributed by atoms with van der Waals surface area (Å²) in [5.74, 6) is 1.42. The van der Waals surface area contributed by atoms with Crippen LogP contribution in [0.3, 0.4) is 0 Å². The fourth-order valence-corrected chi connectivity index (χ4v) is 6.50. The van der Waals surface area contributed by atoms with E-state index >= 15 is 0 Å². The van der Waals surface area contributed by atoms with Gasteiger partial charge in [-0.1, -0.05) is 13.0 Å². The third-order valence-corrected chi connectivity index (χ3v) is 9.40. The number of likely N-dealkylation sites (tertiary alicyclic amines) is 2. The number of aryl methyl sites for hydroxylation is 2. The number of ether oxygens (including phenoxy) is 2. The Balaban J connectivity index is 0.997. The minimum atomic E-state index is -0.447. The first-order valence-corrected chi connectivity index (χ1v) is 15.6. The van der Waals surface area contributed by atoms with Crippen LogP contribution in [0, 0.1) is 19.8 Å². The second-order valence-corrected chi connectivity index (χ2v) is 12.6. The van der Waals surface area contributed by atoms with Gasteiger partial charge in [0.2, 0.25) is 5.88 Å². The van der Waals surface area contributed by atoms with Crippen molar-refractivity contribution in [3.63, 3.8) is 0 Å². The van der Waals surface area contributed by atoms with Crippen LogP contribution < -0.4 is 14.8 Å². The van der Waals surface area contributed by atoms with Crippen molar-refractivity contribution in [3.8, 4) is 11.6 Å². The van der Waals surface area contributed by atoms with Gasteiger partial charge in [0.05, 0.1) is 17.9 Å². The lowest BCUT2D eigenvalue weighted by Crippen LogP contribution is -2.52. The monoisotopic (exact) mass is 588 g/mol. The second kappa shape index (κ2) is 12.6. The van der Waals surface area contributed by atoms with Crippen molar-refractivity contribution in [2.75, 3.05) is 32.7 Å². The molecule has 6 rings (SSSR count). The molecule has 3 atom stereocenters. The Morgan fingerprint density at radius 3 is 2.70 bits per heavy atom. The van der Waals surface area contributed by atoms with Crippen LogP contribution in [0.2, 0.25) is 0 Å². The predicted molar refractivity (Wildman–Crippen MR) is 168 cm³/mol. The molecule has 2 aliphatic rings. The molecule has 9 nitrogen and oxygen atoms in total. The predicted octanol–water partition coefficient (Wildman–Crippen LogP) is 5.75. The van der Waals surface area contributed by atoms with E-state index in [0.29, 0.717) is 30.2 Å². The Labute approximate surface area is 253 Å². The standard InChI is InChI=1S/C34H44N4O5/c1-21-14-27-25(20-42-32(27)15-22(21)2)19-41-31-7-5-6-29-28(31)16-33(36-29)43-34(40)35-26-8-11-37(12-9-26)18-24(4)38-13-10-30(39)23(3)17-38/h5-7,14-16,20,23-24,26,30,36,39H,8-13,17-19H2,1-4H3,(H,35,40)/t23-,24-,30-/m0/s1. The minimum absolute atomic E-state index is 0.0877. The van der Waals surface area contributed by atoms with E-state index in [9.17, 15) is 9.90 Å². The Hall–Kier alpha value is -3.53. The summed E-state index contributed by atoms with van der Waals surface area (Å²) in [5.41, 5.74) is 5.10. The third-order valence-electron chi connectivity index (χ3n) is 9.40. The summed E-state index contributed by atoms with van der Waals surface area (Å²) in [4.78, 5) is 21.0. The van der Waals surface area contributed by atoms with Gasteiger partial charge in [0.15, 0.2) is 0 Å². The number of hydrogen-bond acceptors (Lipinski definition) is 7. The van der Waals surface area contributed by atoms with E-state index in [0.717, 1.165) is 79.4 Å². The molecule has 2 aromatic carbocycles. The topological polar surface area (TPSA) is 103 Å². The summed E-state index contributed by atoms with van der Waals surface area (Å²) in [7, 11) is 0. The van der Waals surface area contributed by atoms with Crippen LogP contribution in [0.4, 0.5) is 4.79 Å². The highest BCUT2D eigenvalue weighted by atomic mass is 16.6. The summed E-state index contributed by atoms with van der Waals surface area (Å²) < 4.78 is 17.6. The molecule has 0 saturated carbocycles. The number of furan rings is 1. The van der Waals surface area contributed by atoms with Crippen molar-refractivity contribution in [1.82, 2.24) is 20.1 Å². The van der Waals surface area contributed by atoms with Crippen LogP contribution in [-0.2, 0) is 6.61 Å². The highest BCUT2D eigenvalue weighted by molar-refractivity contribution is 5.88. The minimum Gasteiger partial charge on any atom is -0.488 e. The lowest BCUT2D eigenvalue weighted by atomic mass is 9.95. The number of rotatable bonds is 8. The van der Waals surface area contributed by atoms with Gasteiger partial charge in [0.1, 0.15) is 17.9 Å². The largest absolute Gasteiger partial charge is 0.488 e. The molecule has 1 amide bonds. The lowest BCUT2D eigenvalue weighted by Gasteiger charge is -2.41. The summed E-state index contributed by atoms with van der Waals surface area (Å²) in [6.45, 7) is 13.8. The molecule has 230 valence electrons. The number of carbonyl (C=O) groups excluding carboxylic acids is 1. The number of amides is 1. The second-order valence-electron chi connectivity index (χ2n) is 12.6. The van der Waals surface area contributed by atoms with Gasteiger partial charge in [-0.15, -0.1) is 0 Å². The molecule has 4 aromatic rings. The van der Waals surface area contributed by atoms with Crippen molar-refractivity contribution in [3.05, 3.63) is 59.4 Å². The third kappa shape index (κ3) is 6.69. The van der Waals surface area contributed by atoms with Crippen LogP contribution in [-0.4, -0.2) is 76.9 Å². The van der Waals surface area contributed by atoms with Crippen molar-refractivity contribution >= 4 is 28.0 Å². The van der Waals surface area contributed by atoms with Gasteiger partial charge in [0, 0.05) is 67.2 Å². The zero-order valence-corrected chi connectivity index (χ0v) is 25.7. The van der Waals surface area contributed by atoms with Gasteiger partial charge in [-0.2, -0.15) is 0 Å². The van der Waals surface area contributed by atoms with Crippen LogP contribution in [0.15, 0.2) is 47.1 Å². The number of aliphatic hydroxyl groups is 1. The number of aromatic nitrogens is 1. The zero-order valence-electron chi connectivity index (χ0n) is 25.7. The lowest BCUT2D eigenvalue weighted by molar-refractivity contribution is 0.0116. The number of H-pyrrole nitrogens is 1. The number of aromatic amines is 1. The van der Waals surface area contributed by atoms with Crippen LogP contribution in [0.25, 0.3) is 21.9 Å². The van der Waals surface area contributed by atoms with Gasteiger partial charge in [-0.3, -0.25) is 4.90 Å². The van der Waals surface area contributed by atoms with Crippen LogP contribution in [0.1, 0.15) is 49.8 Å². The van der Waals surface area contributed by atoms with E-state index < -0.39 is 6.09 Å². The first-order valence-electron chi connectivity index (χ1n) is 15.6. The summed E-state index contributed by atoms with van der Waals surface area (Å²) in [6, 6.07) is 12.3. The van der Waals surface area contributed by atoms with Gasteiger partial charge < -0.3 is 34.2 Å². The molecule has 0 bridgehead atoms. The Morgan fingerprint density at radius 2 is 1.91 bits per heavy atom. The zero-order chi connectivity index (χ0) is 30.1. The number of piperidine rings is 2. The number of nitrogens with one attached hydrogen (secondary N) is 2. The molecular weight excluding hydrogens is 544 g/mol. The molecule has 2 aliphatic heterocycles. The van der Waals surface area contributed by atoms with E-state index in [4.69, 9.17) is 13.9 Å². The highest BCUT2D eigenvalue weighted by Crippen LogP contribution is 2.31. The smallest absolute Gasteiger partial charge is 0.414 e. The molecule has 0 radical (unpaired) electrons. The number of benzene rings is 2. The van der Waals surface area contributed by atoms with Crippen LogP contribution in [0.5, 0.6) is 11.6 Å². The molecule has 2 saturated heterocycles. The fourth-order valence-electron chi connectivity index (χ4n) is 6.50. The SMILES string of the molecule is Cc1cc2occ(COc3cccc4[nH]c(OC(=O)NC5CCN(C[C@H](C)N6CC[C@H](O)[C@@H](C)C6)CC5)cc34)c2cc1C. The number of aliphatic hydroxyl groups excluding tert-OH is 1. The average Bonchev–Trinajstić information content (AvgIpc) is 3.57. The molecule has 2 aromatic heterocycles. The van der Waals surface area contributed by atoms with Crippen LogP contribution >= 0.6 is 0 Å². The van der Waals surface area contributed by atoms with Gasteiger partial charge >= 0.3 is 6.09 Å². The Kier molecular flexibility index (Phi) is 8.66. The Morgan fingerprint density at radius 1 is 1.12 bits per heavy atom. The summed E-state index contributed by atoms with van der Waals surface area (Å²) in [5, 5.41) is 15.0. The van der Waals surface area contributed by atoms with Gasteiger partial charge in [-0.25, -0.2) is 4.79 Å². The molecule has 43 heavy (non-hydrogen) atoms. The summed E-state index contributed by atoms with van der Waals surface area (Å²) in [6.07, 6.45) is 3.77. The molecule has 9 heteroatoms. The first-order chi connectivity index (χ1) is 20.7. The fraction of sp³-hybridized carbons (Fsp3) is 0.500. The maximum Gasteiger partial charge on any atom is 0.414 e. The molecule has 0 spiro atoms. The highest BCUT2D eigenvalue weighted by Gasteiger charge is 2.29. The number of carbonyl (C=O) groups is 1. The molecule has 2 fully saturated rings. The van der Waals surface area contributed by atoms with E-state index in [2.05, 4.69) is 59.9 Å². The maximum atomic E-state index is 12.8. The molecule has 0 unspecified atom stereocenters. The molecule has 0 aliphatic carbocycles. The number of hydrogen-bond donors (Lipinski definition) is 3. The van der Waals surface area contributed by atoms with Crippen molar-refractivity contribution in [1.29, 1.82) is 0 Å². The maximum absolute atomic E-state index is 12.8. The number of fused-ring (bicyclic) bond motifs is 2. The van der Waals surface area contributed by atoms with Gasteiger partial charge in [0.25, 0.3) is 0 Å². The van der Waals surface area contributed by atoms with Crippen molar-refractivity contribution in [2.45, 2.75) is 71.8 Å². The molecular formula is C34H44N4O5. The van der Waals surface area contributed by atoms with E-state index in [-0.39, 0.29) is 12.1 Å². The molecule has 4 heterocycles. The Bertz CT molecular complexity index is 1570. The van der Waals surface area contributed by atoms with E-state index in [1.165, 1.54) is 11.1 Å². The van der Waals surface area contributed by atoms with Gasteiger partial charge in [-0.05, 0) is 81.3 Å². The quantitative estimate of drug-likeness (QED) is 0.241. The average molecular weight is 589 g/mol. The normalized spacial score (nSPS) is 21.3. The van der Waals surface area contributed by atoms with Crippen molar-refractivity contribution in [2.24, 2.45) is 5.92 Å².